The molecule has 0 aliphatic heterocycles. The van der Waals surface area contributed by atoms with Crippen LogP contribution >= 0.6 is 15.9 Å². The first kappa shape index (κ1) is 20.7. The zero-order valence-corrected chi connectivity index (χ0v) is 20.0. The summed E-state index contributed by atoms with van der Waals surface area (Å²) in [6.07, 6.45) is 5.33. The molecule has 1 N–H and O–H groups in total. The van der Waals surface area contributed by atoms with Crippen LogP contribution in [0.15, 0.2) is 46.9 Å². The SMILES string of the molecule is Cc1ccc(-c2cc(C(=O)N[C@H](C)[C@@H]3C[C@H]4CC[C@H]3C4)c3cc(Br)ccc3n2)c(C)c1. The van der Waals surface area contributed by atoms with Crippen LogP contribution in [0.3, 0.4) is 0 Å². The Hall–Kier alpha value is -2.20. The highest BCUT2D eigenvalue weighted by atomic mass is 79.9. The Labute approximate surface area is 192 Å². The summed E-state index contributed by atoms with van der Waals surface area (Å²) in [7, 11) is 0. The van der Waals surface area contributed by atoms with E-state index in [0.717, 1.165) is 38.5 Å². The van der Waals surface area contributed by atoms with Gasteiger partial charge in [0, 0.05) is 21.5 Å². The predicted octanol–water partition coefficient (Wildman–Crippen LogP) is 6.84. The van der Waals surface area contributed by atoms with Crippen molar-refractivity contribution in [3.05, 3.63) is 63.6 Å². The third kappa shape index (κ3) is 3.91. The van der Waals surface area contributed by atoms with E-state index in [-0.39, 0.29) is 11.9 Å². The minimum atomic E-state index is 0.00629. The van der Waals surface area contributed by atoms with Crippen LogP contribution in [0, 0.1) is 31.6 Å². The highest BCUT2D eigenvalue weighted by molar-refractivity contribution is 9.10. The zero-order valence-electron chi connectivity index (χ0n) is 18.4. The molecular weight excluding hydrogens is 448 g/mol. The minimum absolute atomic E-state index is 0.00629. The Kier molecular flexibility index (Phi) is 5.37. The van der Waals surface area contributed by atoms with Gasteiger partial charge < -0.3 is 5.32 Å². The van der Waals surface area contributed by atoms with Crippen LogP contribution < -0.4 is 5.32 Å². The number of nitrogens with zero attached hydrogens (tertiary/aromatic N) is 1. The van der Waals surface area contributed by atoms with E-state index in [9.17, 15) is 4.79 Å². The number of aryl methyl sites for hydroxylation is 2. The molecule has 31 heavy (non-hydrogen) atoms. The molecule has 2 bridgehead atoms. The molecule has 2 saturated carbocycles. The van der Waals surface area contributed by atoms with Gasteiger partial charge in [0.25, 0.3) is 5.91 Å². The van der Waals surface area contributed by atoms with E-state index in [1.807, 2.05) is 24.3 Å². The summed E-state index contributed by atoms with van der Waals surface area (Å²) in [6.45, 7) is 6.39. The fraction of sp³-hybridized carbons (Fsp3) is 0.407. The highest BCUT2D eigenvalue weighted by Gasteiger charge is 2.42. The molecule has 0 saturated heterocycles. The number of nitrogens with one attached hydrogen (secondary N) is 1. The number of aromatic nitrogens is 1. The number of hydrogen-bond acceptors (Lipinski definition) is 2. The lowest BCUT2D eigenvalue weighted by Gasteiger charge is -2.28. The summed E-state index contributed by atoms with van der Waals surface area (Å²) in [5, 5.41) is 4.24. The van der Waals surface area contributed by atoms with Gasteiger partial charge in [-0.1, -0.05) is 46.1 Å². The van der Waals surface area contributed by atoms with E-state index >= 15 is 0 Å². The average molecular weight is 477 g/mol. The Bertz CT molecular complexity index is 1170. The molecule has 2 aliphatic carbocycles. The van der Waals surface area contributed by atoms with Crippen molar-refractivity contribution in [3.63, 3.8) is 0 Å². The van der Waals surface area contributed by atoms with Crippen molar-refractivity contribution >= 4 is 32.7 Å². The molecule has 2 fully saturated rings. The number of hydrogen-bond donors (Lipinski definition) is 1. The van der Waals surface area contributed by atoms with E-state index in [1.165, 1.54) is 36.8 Å². The molecule has 3 nitrogen and oxygen atoms in total. The molecule has 1 amide bonds. The van der Waals surface area contributed by atoms with Crippen molar-refractivity contribution in [2.75, 3.05) is 0 Å². The topological polar surface area (TPSA) is 42.0 Å². The van der Waals surface area contributed by atoms with E-state index in [2.05, 4.69) is 60.2 Å². The van der Waals surface area contributed by atoms with Crippen molar-refractivity contribution in [1.29, 1.82) is 0 Å². The van der Waals surface area contributed by atoms with Crippen LogP contribution in [0.2, 0.25) is 0 Å². The second-order valence-electron chi connectivity index (χ2n) is 9.64. The normalized spacial score (nSPS) is 23.3. The maximum atomic E-state index is 13.5. The van der Waals surface area contributed by atoms with Crippen LogP contribution in [0.1, 0.15) is 54.1 Å². The molecule has 0 unspecified atom stereocenters. The maximum Gasteiger partial charge on any atom is 0.252 e. The van der Waals surface area contributed by atoms with Gasteiger partial charge in [0.05, 0.1) is 16.8 Å². The smallest absolute Gasteiger partial charge is 0.252 e. The Morgan fingerprint density at radius 3 is 2.65 bits per heavy atom. The van der Waals surface area contributed by atoms with E-state index < -0.39 is 0 Å². The zero-order chi connectivity index (χ0) is 21.7. The van der Waals surface area contributed by atoms with Crippen LogP contribution in [0.25, 0.3) is 22.2 Å². The number of carbonyl (C=O) groups excluding carboxylic acids is 1. The molecule has 160 valence electrons. The van der Waals surface area contributed by atoms with Crippen LogP contribution in [0.5, 0.6) is 0 Å². The molecule has 1 aromatic heterocycles. The third-order valence-corrected chi connectivity index (χ3v) is 7.96. The second-order valence-corrected chi connectivity index (χ2v) is 10.6. The molecule has 0 radical (unpaired) electrons. The largest absolute Gasteiger partial charge is 0.349 e. The lowest BCUT2D eigenvalue weighted by atomic mass is 9.84. The van der Waals surface area contributed by atoms with Crippen molar-refractivity contribution in [1.82, 2.24) is 10.3 Å². The Balaban J connectivity index is 1.53. The van der Waals surface area contributed by atoms with Crippen LogP contribution in [-0.4, -0.2) is 16.9 Å². The summed E-state index contributed by atoms with van der Waals surface area (Å²) in [4.78, 5) is 18.4. The Morgan fingerprint density at radius 2 is 1.94 bits per heavy atom. The number of amides is 1. The first-order valence-electron chi connectivity index (χ1n) is 11.4. The molecule has 3 aromatic rings. The number of carbonyl (C=O) groups is 1. The van der Waals surface area contributed by atoms with Crippen molar-refractivity contribution in [3.8, 4) is 11.3 Å². The molecule has 2 aromatic carbocycles. The van der Waals surface area contributed by atoms with Gasteiger partial charge in [-0.2, -0.15) is 0 Å². The Morgan fingerprint density at radius 1 is 1.10 bits per heavy atom. The average Bonchev–Trinajstić information content (AvgIpc) is 3.37. The van der Waals surface area contributed by atoms with Crippen molar-refractivity contribution < 1.29 is 4.79 Å². The van der Waals surface area contributed by atoms with Gasteiger partial charge in [0.1, 0.15) is 0 Å². The molecule has 4 heteroatoms. The fourth-order valence-electron chi connectivity index (χ4n) is 5.92. The maximum absolute atomic E-state index is 13.5. The number of rotatable bonds is 4. The summed E-state index contributed by atoms with van der Waals surface area (Å²) in [5.74, 6) is 2.28. The first-order chi connectivity index (χ1) is 14.9. The van der Waals surface area contributed by atoms with Crippen molar-refractivity contribution in [2.24, 2.45) is 17.8 Å². The van der Waals surface area contributed by atoms with Crippen LogP contribution in [0.4, 0.5) is 0 Å². The monoisotopic (exact) mass is 476 g/mol. The predicted molar refractivity (Wildman–Crippen MR) is 130 cm³/mol. The first-order valence-corrected chi connectivity index (χ1v) is 12.2. The fourth-order valence-corrected chi connectivity index (χ4v) is 6.28. The number of benzene rings is 2. The summed E-state index contributed by atoms with van der Waals surface area (Å²) in [5.41, 5.74) is 5.87. The van der Waals surface area contributed by atoms with Gasteiger partial charge in [-0.15, -0.1) is 0 Å². The van der Waals surface area contributed by atoms with Gasteiger partial charge in [0.15, 0.2) is 0 Å². The molecule has 1 heterocycles. The van der Waals surface area contributed by atoms with E-state index in [1.54, 1.807) is 0 Å². The van der Waals surface area contributed by atoms with Gasteiger partial charge in [-0.05, 0) is 87.6 Å². The summed E-state index contributed by atoms with van der Waals surface area (Å²) in [6, 6.07) is 14.5. The highest BCUT2D eigenvalue weighted by Crippen LogP contribution is 2.49. The molecular formula is C27H29BrN2O. The minimum Gasteiger partial charge on any atom is -0.349 e. The number of halogens is 1. The third-order valence-electron chi connectivity index (χ3n) is 7.47. The van der Waals surface area contributed by atoms with Crippen molar-refractivity contribution in [2.45, 2.75) is 52.5 Å². The standard InChI is InChI=1S/C27H29BrN2O/c1-15-4-8-21(16(2)10-15)26-14-24(23-13-20(28)7-9-25(23)30-26)27(31)29-17(3)22-12-18-5-6-19(22)11-18/h4,7-10,13-14,17-19,22H,5-6,11-12H2,1-3H3,(H,29,31)/t17-,18+,19+,22+/m1/s1. The van der Waals surface area contributed by atoms with Gasteiger partial charge in [-0.25, -0.2) is 4.98 Å². The second kappa shape index (κ2) is 8.05. The molecule has 5 rings (SSSR count). The summed E-state index contributed by atoms with van der Waals surface area (Å²) < 4.78 is 0.955. The van der Waals surface area contributed by atoms with Gasteiger partial charge in [0.2, 0.25) is 0 Å². The molecule has 4 atom stereocenters. The van der Waals surface area contributed by atoms with Gasteiger partial charge >= 0.3 is 0 Å². The lowest BCUT2D eigenvalue weighted by Crippen LogP contribution is -2.40. The number of fused-ring (bicyclic) bond motifs is 3. The summed E-state index contributed by atoms with van der Waals surface area (Å²) >= 11 is 3.57. The van der Waals surface area contributed by atoms with E-state index in [4.69, 9.17) is 4.98 Å². The lowest BCUT2D eigenvalue weighted by molar-refractivity contribution is 0.0917. The molecule has 2 aliphatic rings. The molecule has 0 spiro atoms. The number of pyridine rings is 1. The van der Waals surface area contributed by atoms with E-state index in [0.29, 0.717) is 11.5 Å². The van der Waals surface area contributed by atoms with Gasteiger partial charge in [-0.3, -0.25) is 4.79 Å². The quantitative estimate of drug-likeness (QED) is 0.447. The van der Waals surface area contributed by atoms with Crippen LogP contribution in [-0.2, 0) is 0 Å².